The highest BCUT2D eigenvalue weighted by Crippen LogP contribution is 2.11. The summed E-state index contributed by atoms with van der Waals surface area (Å²) in [4.78, 5) is 11.7. The maximum atomic E-state index is 11.7. The Morgan fingerprint density at radius 2 is 2.11 bits per heavy atom. The summed E-state index contributed by atoms with van der Waals surface area (Å²) >= 11 is 0. The highest BCUT2D eigenvalue weighted by Gasteiger charge is 2.07. The van der Waals surface area contributed by atoms with E-state index in [0.717, 1.165) is 12.1 Å². The molecule has 0 radical (unpaired) electrons. The minimum absolute atomic E-state index is 0.157. The third-order valence-electron chi connectivity index (χ3n) is 2.85. The molecule has 2 N–H and O–H groups in total. The lowest BCUT2D eigenvalue weighted by Crippen LogP contribution is -2.35. The maximum absolute atomic E-state index is 11.7. The number of urea groups is 1. The van der Waals surface area contributed by atoms with Crippen LogP contribution in [-0.4, -0.2) is 21.9 Å². The van der Waals surface area contributed by atoms with Crippen molar-refractivity contribution in [2.75, 3.05) is 5.32 Å². The zero-order chi connectivity index (χ0) is 13.7. The van der Waals surface area contributed by atoms with Crippen LogP contribution in [0.25, 0.3) is 5.69 Å². The van der Waals surface area contributed by atoms with Crippen molar-refractivity contribution < 1.29 is 4.79 Å². The first kappa shape index (κ1) is 13.1. The van der Waals surface area contributed by atoms with Gasteiger partial charge in [0.05, 0.1) is 23.8 Å². The number of aromatic nitrogens is 2. The van der Waals surface area contributed by atoms with Crippen LogP contribution in [0.4, 0.5) is 10.5 Å². The fourth-order valence-electron chi connectivity index (χ4n) is 1.60. The molecule has 2 rings (SSSR count). The molecule has 0 bridgehead atoms. The van der Waals surface area contributed by atoms with Gasteiger partial charge in [0.2, 0.25) is 0 Å². The Bertz CT molecular complexity index is 535. The van der Waals surface area contributed by atoms with E-state index >= 15 is 0 Å². The van der Waals surface area contributed by atoms with Gasteiger partial charge < -0.3 is 10.6 Å². The van der Waals surface area contributed by atoms with E-state index in [1.165, 1.54) is 0 Å². The first-order chi connectivity index (χ1) is 9.19. The number of nitrogens with one attached hydrogen (secondary N) is 2. The zero-order valence-electron chi connectivity index (χ0n) is 11.1. The van der Waals surface area contributed by atoms with E-state index in [1.54, 1.807) is 17.1 Å². The molecule has 19 heavy (non-hydrogen) atoms. The van der Waals surface area contributed by atoms with E-state index in [1.807, 2.05) is 44.2 Å². The van der Waals surface area contributed by atoms with Crippen LogP contribution in [-0.2, 0) is 0 Å². The maximum Gasteiger partial charge on any atom is 0.319 e. The molecule has 0 aliphatic rings. The Kier molecular flexibility index (Phi) is 4.18. The predicted molar refractivity (Wildman–Crippen MR) is 75.5 cm³/mol. The summed E-state index contributed by atoms with van der Waals surface area (Å²) < 4.78 is 1.72. The van der Waals surface area contributed by atoms with Crippen LogP contribution >= 0.6 is 0 Å². The lowest BCUT2D eigenvalue weighted by molar-refractivity contribution is 0.249. The van der Waals surface area contributed by atoms with Crippen molar-refractivity contribution in [3.63, 3.8) is 0 Å². The van der Waals surface area contributed by atoms with Crippen molar-refractivity contribution >= 4 is 11.7 Å². The lowest BCUT2D eigenvalue weighted by Gasteiger charge is -2.11. The first-order valence-electron chi connectivity index (χ1n) is 6.36. The number of hydrogen-bond donors (Lipinski definition) is 2. The van der Waals surface area contributed by atoms with Gasteiger partial charge >= 0.3 is 6.03 Å². The average molecular weight is 258 g/mol. The second-order valence-corrected chi connectivity index (χ2v) is 4.42. The summed E-state index contributed by atoms with van der Waals surface area (Å²) in [5, 5.41) is 9.82. The van der Waals surface area contributed by atoms with E-state index in [-0.39, 0.29) is 12.1 Å². The van der Waals surface area contributed by atoms with E-state index in [4.69, 9.17) is 0 Å². The number of hydrogen-bond acceptors (Lipinski definition) is 2. The van der Waals surface area contributed by atoms with Gasteiger partial charge in [-0.1, -0.05) is 25.1 Å². The summed E-state index contributed by atoms with van der Waals surface area (Å²) in [6, 6.07) is 9.70. The van der Waals surface area contributed by atoms with Gasteiger partial charge in [0, 0.05) is 6.04 Å². The molecular formula is C14H18N4O. The van der Waals surface area contributed by atoms with Crippen molar-refractivity contribution in [3.05, 3.63) is 42.7 Å². The smallest absolute Gasteiger partial charge is 0.319 e. The molecule has 5 nitrogen and oxygen atoms in total. The van der Waals surface area contributed by atoms with Gasteiger partial charge in [-0.3, -0.25) is 0 Å². The quantitative estimate of drug-likeness (QED) is 0.886. The van der Waals surface area contributed by atoms with Crippen molar-refractivity contribution in [2.45, 2.75) is 26.3 Å². The van der Waals surface area contributed by atoms with Crippen LogP contribution in [0.3, 0.4) is 0 Å². The highest BCUT2D eigenvalue weighted by molar-refractivity contribution is 5.89. The number of anilines is 1. The predicted octanol–water partition coefficient (Wildman–Crippen LogP) is 2.79. The van der Waals surface area contributed by atoms with Gasteiger partial charge in [-0.2, -0.15) is 5.10 Å². The van der Waals surface area contributed by atoms with Crippen molar-refractivity contribution in [2.24, 2.45) is 0 Å². The van der Waals surface area contributed by atoms with Crippen LogP contribution in [0.1, 0.15) is 20.3 Å². The molecule has 0 spiro atoms. The van der Waals surface area contributed by atoms with Gasteiger partial charge in [-0.15, -0.1) is 0 Å². The van der Waals surface area contributed by atoms with Gasteiger partial charge in [0.1, 0.15) is 0 Å². The summed E-state index contributed by atoms with van der Waals surface area (Å²) in [5.41, 5.74) is 1.63. The molecule has 0 aliphatic carbocycles. The minimum atomic E-state index is -0.207. The summed E-state index contributed by atoms with van der Waals surface area (Å²) in [7, 11) is 0. The Morgan fingerprint density at radius 3 is 2.79 bits per heavy atom. The van der Waals surface area contributed by atoms with Gasteiger partial charge in [-0.25, -0.2) is 9.48 Å². The molecule has 0 fully saturated rings. The Hall–Kier alpha value is -2.30. The van der Waals surface area contributed by atoms with Gasteiger partial charge in [0.15, 0.2) is 0 Å². The molecule has 1 aromatic carbocycles. The lowest BCUT2D eigenvalue weighted by atomic mass is 10.3. The van der Waals surface area contributed by atoms with Crippen LogP contribution in [0, 0.1) is 0 Å². The highest BCUT2D eigenvalue weighted by atomic mass is 16.2. The summed E-state index contributed by atoms with van der Waals surface area (Å²) in [6.07, 6.45) is 4.31. The summed E-state index contributed by atoms with van der Waals surface area (Å²) in [6.45, 7) is 3.99. The normalized spacial score (nSPS) is 11.9. The van der Waals surface area contributed by atoms with Crippen LogP contribution in [0.2, 0.25) is 0 Å². The zero-order valence-corrected chi connectivity index (χ0v) is 11.1. The fraction of sp³-hybridized carbons (Fsp3) is 0.286. The monoisotopic (exact) mass is 258 g/mol. The molecule has 5 heteroatoms. The van der Waals surface area contributed by atoms with Crippen molar-refractivity contribution in [1.82, 2.24) is 15.1 Å². The van der Waals surface area contributed by atoms with Gasteiger partial charge in [0.25, 0.3) is 0 Å². The Balaban J connectivity index is 2.00. The largest absolute Gasteiger partial charge is 0.335 e. The third kappa shape index (κ3) is 3.58. The Labute approximate surface area is 112 Å². The number of amides is 2. The van der Waals surface area contributed by atoms with E-state index in [9.17, 15) is 4.79 Å². The Morgan fingerprint density at radius 1 is 1.37 bits per heavy atom. The molecule has 1 atom stereocenters. The fourth-order valence-corrected chi connectivity index (χ4v) is 1.60. The third-order valence-corrected chi connectivity index (χ3v) is 2.85. The molecular weight excluding hydrogens is 240 g/mol. The molecule has 100 valence electrons. The minimum Gasteiger partial charge on any atom is -0.335 e. The average Bonchev–Trinajstić information content (AvgIpc) is 2.88. The first-order valence-corrected chi connectivity index (χ1v) is 6.36. The second-order valence-electron chi connectivity index (χ2n) is 4.42. The molecule has 0 saturated carbocycles. The van der Waals surface area contributed by atoms with Crippen molar-refractivity contribution in [1.29, 1.82) is 0 Å². The SMILES string of the molecule is CC[C@H](C)NC(=O)Nc1cnn(-c2ccccc2)c1. The molecule has 0 aliphatic heterocycles. The van der Waals surface area contributed by atoms with Crippen LogP contribution in [0.5, 0.6) is 0 Å². The number of para-hydroxylation sites is 1. The van der Waals surface area contributed by atoms with E-state index in [0.29, 0.717) is 5.69 Å². The van der Waals surface area contributed by atoms with Crippen LogP contribution in [0.15, 0.2) is 42.7 Å². The summed E-state index contributed by atoms with van der Waals surface area (Å²) in [5.74, 6) is 0. The number of benzene rings is 1. The molecule has 2 aromatic rings. The second kappa shape index (κ2) is 6.04. The number of carbonyl (C=O) groups excluding carboxylic acids is 1. The standard InChI is InChI=1S/C14H18N4O/c1-3-11(2)16-14(19)17-12-9-15-18(10-12)13-7-5-4-6-8-13/h4-11H,3H2,1-2H3,(H2,16,17,19)/t11-/m0/s1. The molecule has 0 unspecified atom stereocenters. The number of rotatable bonds is 4. The molecule has 0 saturated heterocycles. The van der Waals surface area contributed by atoms with Crippen LogP contribution < -0.4 is 10.6 Å². The van der Waals surface area contributed by atoms with Crippen molar-refractivity contribution in [3.8, 4) is 5.69 Å². The topological polar surface area (TPSA) is 59.0 Å². The van der Waals surface area contributed by atoms with E-state index in [2.05, 4.69) is 15.7 Å². The number of carbonyl (C=O) groups is 1. The van der Waals surface area contributed by atoms with Gasteiger partial charge in [-0.05, 0) is 25.5 Å². The molecule has 1 aromatic heterocycles. The van der Waals surface area contributed by atoms with E-state index < -0.39 is 0 Å². The molecule has 1 heterocycles. The molecule has 2 amide bonds. The number of nitrogens with zero attached hydrogens (tertiary/aromatic N) is 2.